The molecule has 0 fully saturated rings. The Morgan fingerprint density at radius 2 is 0.455 bits per heavy atom. The Balaban J connectivity index is 0.835. The van der Waals surface area contributed by atoms with Crippen molar-refractivity contribution in [1.82, 2.24) is 43.6 Å². The van der Waals surface area contributed by atoms with E-state index in [1.54, 1.807) is 0 Å². The number of aromatic nitrogens is 9. The fourth-order valence-electron chi connectivity index (χ4n) is 10.1. The SMILES string of the molecule is c1cc2c(cn1)c1cnccc1n2-c1ccc(Cc2cc(Cc3ccc(-n4c5ccncc5c5cnccc54)cc3)cc(Cc3ccc(-n4c5ccncc5c5cnccc54)cc3)c2)cc1. The summed E-state index contributed by atoms with van der Waals surface area (Å²) in [5.41, 5.74) is 17.7. The molecule has 0 atom stereocenters. The molecular weight excluding hydrogens is 811 g/mol. The molecule has 13 rings (SSSR count). The zero-order chi connectivity index (χ0) is 43.6. The van der Waals surface area contributed by atoms with Crippen LogP contribution in [-0.4, -0.2) is 43.6 Å². The van der Waals surface area contributed by atoms with E-state index in [4.69, 9.17) is 0 Å². The highest BCUT2D eigenvalue weighted by Crippen LogP contribution is 2.34. The maximum atomic E-state index is 4.42. The number of fused-ring (bicyclic) bond motifs is 9. The van der Waals surface area contributed by atoms with Gasteiger partial charge in [0.1, 0.15) is 0 Å². The maximum absolute atomic E-state index is 4.42. The molecule has 9 heterocycles. The lowest BCUT2D eigenvalue weighted by Gasteiger charge is -2.13. The number of pyridine rings is 6. The van der Waals surface area contributed by atoms with Crippen LogP contribution in [-0.2, 0) is 19.3 Å². The topological polar surface area (TPSA) is 92.1 Å². The molecule has 0 saturated heterocycles. The number of hydrogen-bond donors (Lipinski definition) is 0. The van der Waals surface area contributed by atoms with Gasteiger partial charge in [0.2, 0.25) is 0 Å². The zero-order valence-corrected chi connectivity index (χ0v) is 35.7. The van der Waals surface area contributed by atoms with Crippen molar-refractivity contribution in [3.8, 4) is 17.1 Å². The third-order valence-electron chi connectivity index (χ3n) is 13.0. The molecule has 4 aromatic carbocycles. The first-order valence-electron chi connectivity index (χ1n) is 22.1. The van der Waals surface area contributed by atoms with E-state index >= 15 is 0 Å². The van der Waals surface area contributed by atoms with Crippen LogP contribution in [0.5, 0.6) is 0 Å². The first-order valence-corrected chi connectivity index (χ1v) is 22.1. The first kappa shape index (κ1) is 37.7. The van der Waals surface area contributed by atoms with Gasteiger partial charge < -0.3 is 13.7 Å². The van der Waals surface area contributed by atoms with Crippen LogP contribution >= 0.6 is 0 Å². The molecule has 0 amide bonds. The van der Waals surface area contributed by atoms with Crippen LogP contribution in [0, 0.1) is 0 Å². The van der Waals surface area contributed by atoms with Crippen molar-refractivity contribution in [2.45, 2.75) is 19.3 Å². The third kappa shape index (κ3) is 6.39. The maximum Gasteiger partial charge on any atom is 0.0572 e. The van der Waals surface area contributed by atoms with E-state index in [1.807, 2.05) is 74.4 Å². The number of benzene rings is 4. The minimum Gasteiger partial charge on any atom is -0.309 e. The van der Waals surface area contributed by atoms with Crippen LogP contribution < -0.4 is 0 Å². The molecule has 13 aromatic rings. The average molecular weight is 850 g/mol. The van der Waals surface area contributed by atoms with Crippen LogP contribution in [0.3, 0.4) is 0 Å². The Morgan fingerprint density at radius 3 is 0.667 bits per heavy atom. The number of rotatable bonds is 9. The van der Waals surface area contributed by atoms with Gasteiger partial charge in [-0.25, -0.2) is 0 Å². The molecule has 0 aliphatic rings. The summed E-state index contributed by atoms with van der Waals surface area (Å²) in [7, 11) is 0. The summed E-state index contributed by atoms with van der Waals surface area (Å²) in [5, 5.41) is 6.59. The van der Waals surface area contributed by atoms with Gasteiger partial charge >= 0.3 is 0 Å². The largest absolute Gasteiger partial charge is 0.309 e. The van der Waals surface area contributed by atoms with Crippen molar-refractivity contribution in [1.29, 1.82) is 0 Å². The summed E-state index contributed by atoms with van der Waals surface area (Å²) >= 11 is 0. The van der Waals surface area contributed by atoms with Crippen molar-refractivity contribution in [3.05, 3.63) is 235 Å². The minimum absolute atomic E-state index is 0.814. The normalized spacial score (nSPS) is 11.8. The van der Waals surface area contributed by atoms with Gasteiger partial charge in [-0.2, -0.15) is 0 Å². The molecule has 0 bridgehead atoms. The summed E-state index contributed by atoms with van der Waals surface area (Å²) in [6.07, 6.45) is 25.2. The predicted molar refractivity (Wildman–Crippen MR) is 264 cm³/mol. The van der Waals surface area contributed by atoms with E-state index in [2.05, 4.69) is 171 Å². The highest BCUT2D eigenvalue weighted by molar-refractivity contribution is 6.10. The average Bonchev–Trinajstić information content (AvgIpc) is 4.01. The van der Waals surface area contributed by atoms with Crippen molar-refractivity contribution in [2.75, 3.05) is 0 Å². The van der Waals surface area contributed by atoms with Gasteiger partial charge in [-0.15, -0.1) is 0 Å². The summed E-state index contributed by atoms with van der Waals surface area (Å²) in [5.74, 6) is 0. The van der Waals surface area contributed by atoms with Crippen molar-refractivity contribution >= 4 is 65.4 Å². The van der Waals surface area contributed by atoms with Gasteiger partial charge in [-0.05, 0) is 125 Å². The van der Waals surface area contributed by atoms with Crippen LogP contribution in [0.1, 0.15) is 33.4 Å². The fraction of sp³-hybridized carbons (Fsp3) is 0.0526. The lowest BCUT2D eigenvalue weighted by molar-refractivity contribution is 1.08. The van der Waals surface area contributed by atoms with Gasteiger partial charge in [0, 0.05) is 124 Å². The van der Waals surface area contributed by atoms with E-state index in [-0.39, 0.29) is 0 Å². The Kier molecular flexibility index (Phi) is 8.83. The fourth-order valence-corrected chi connectivity index (χ4v) is 10.1. The lowest BCUT2D eigenvalue weighted by Crippen LogP contribution is -1.99. The molecule has 0 N–H and O–H groups in total. The molecular formula is C57H39N9. The standard InChI is InChI=1S/C57H39N9/c1-7-43(64-52-13-19-58-31-46(52)47-32-59-20-14-53(47)64)8-2-37(1)25-40-28-41(26-38-3-9-44(10-4-38)65-54-15-21-60-33-48(54)49-34-61-22-16-55(49)65)30-42(29-40)27-39-5-11-45(12-6-39)66-56-17-23-62-35-50(56)51-36-63-24-18-57(51)66/h1-24,28-36H,25-27H2. The smallest absolute Gasteiger partial charge is 0.0572 e. The molecule has 0 unspecified atom stereocenters. The Hall–Kier alpha value is -8.82. The molecule has 9 aromatic heterocycles. The second-order valence-electron chi connectivity index (χ2n) is 17.1. The molecule has 312 valence electrons. The number of nitrogens with zero attached hydrogens (tertiary/aromatic N) is 9. The van der Waals surface area contributed by atoms with E-state index < -0.39 is 0 Å². The molecule has 66 heavy (non-hydrogen) atoms. The molecule has 9 heteroatoms. The summed E-state index contributed by atoms with van der Waals surface area (Å²) < 4.78 is 6.91. The molecule has 0 saturated carbocycles. The lowest BCUT2D eigenvalue weighted by atomic mass is 9.94. The minimum atomic E-state index is 0.814. The van der Waals surface area contributed by atoms with Crippen molar-refractivity contribution in [2.24, 2.45) is 0 Å². The third-order valence-corrected chi connectivity index (χ3v) is 13.0. The summed E-state index contributed by atoms with van der Waals surface area (Å²) in [6.45, 7) is 0. The number of hydrogen-bond acceptors (Lipinski definition) is 6. The van der Waals surface area contributed by atoms with Crippen molar-refractivity contribution in [3.63, 3.8) is 0 Å². The highest BCUT2D eigenvalue weighted by Gasteiger charge is 2.16. The van der Waals surface area contributed by atoms with E-state index in [1.165, 1.54) is 33.4 Å². The van der Waals surface area contributed by atoms with Crippen LogP contribution in [0.4, 0.5) is 0 Å². The Bertz CT molecular complexity index is 3370. The summed E-state index contributed by atoms with van der Waals surface area (Å²) in [4.78, 5) is 26.5. The Morgan fingerprint density at radius 1 is 0.242 bits per heavy atom. The molecule has 0 aliphatic heterocycles. The van der Waals surface area contributed by atoms with Crippen LogP contribution in [0.2, 0.25) is 0 Å². The van der Waals surface area contributed by atoms with Gasteiger partial charge in [-0.3, -0.25) is 29.9 Å². The second kappa shape index (κ2) is 15.5. The Labute approximate surface area is 379 Å². The van der Waals surface area contributed by atoms with Crippen LogP contribution in [0.15, 0.2) is 202 Å². The molecule has 0 spiro atoms. The molecule has 0 aliphatic carbocycles. The zero-order valence-electron chi connectivity index (χ0n) is 35.7. The second-order valence-corrected chi connectivity index (χ2v) is 17.1. The monoisotopic (exact) mass is 849 g/mol. The van der Waals surface area contributed by atoms with Gasteiger partial charge in [0.05, 0.1) is 33.1 Å². The molecule has 0 radical (unpaired) electrons. The highest BCUT2D eigenvalue weighted by atomic mass is 15.0. The van der Waals surface area contributed by atoms with Gasteiger partial charge in [0.15, 0.2) is 0 Å². The predicted octanol–water partition coefficient (Wildman–Crippen LogP) is 12.1. The van der Waals surface area contributed by atoms with E-state index in [0.29, 0.717) is 0 Å². The van der Waals surface area contributed by atoms with E-state index in [9.17, 15) is 0 Å². The molecule has 9 nitrogen and oxygen atoms in total. The van der Waals surface area contributed by atoms with E-state index in [0.717, 1.165) is 102 Å². The van der Waals surface area contributed by atoms with Gasteiger partial charge in [0.25, 0.3) is 0 Å². The van der Waals surface area contributed by atoms with Crippen molar-refractivity contribution < 1.29 is 0 Å². The first-order chi connectivity index (χ1) is 32.7. The van der Waals surface area contributed by atoms with Crippen LogP contribution in [0.25, 0.3) is 82.5 Å². The van der Waals surface area contributed by atoms with Gasteiger partial charge in [-0.1, -0.05) is 54.6 Å². The summed E-state index contributed by atoms with van der Waals surface area (Å²) in [6, 6.07) is 46.6. The quantitative estimate of drug-likeness (QED) is 0.144.